The first kappa shape index (κ1) is 14.6. The van der Waals surface area contributed by atoms with Crippen LogP contribution < -0.4 is 10.2 Å². The Labute approximate surface area is 126 Å². The molecule has 1 aromatic heterocycles. The number of anilines is 1. The number of amides is 1. The largest absolute Gasteiger partial charge is 0.303 e. The summed E-state index contributed by atoms with van der Waals surface area (Å²) in [5.41, 5.74) is 0. The molecular weight excluding hydrogens is 264 g/mol. The summed E-state index contributed by atoms with van der Waals surface area (Å²) in [6.07, 6.45) is 7.74. The lowest BCUT2D eigenvalue weighted by Crippen LogP contribution is -2.55. The predicted molar refractivity (Wildman–Crippen MR) is 83.2 cm³/mol. The number of rotatable bonds is 5. The Morgan fingerprint density at radius 3 is 2.86 bits per heavy atom. The van der Waals surface area contributed by atoms with Gasteiger partial charge < -0.3 is 5.32 Å². The van der Waals surface area contributed by atoms with Gasteiger partial charge in [0.15, 0.2) is 0 Å². The van der Waals surface area contributed by atoms with E-state index in [0.717, 1.165) is 37.7 Å². The van der Waals surface area contributed by atoms with Gasteiger partial charge >= 0.3 is 0 Å². The highest BCUT2D eigenvalue weighted by molar-refractivity contribution is 5.97. The Kier molecular flexibility index (Phi) is 4.29. The minimum absolute atomic E-state index is 0.0328. The van der Waals surface area contributed by atoms with Crippen molar-refractivity contribution in [3.8, 4) is 0 Å². The first-order valence-electron chi connectivity index (χ1n) is 8.30. The van der Waals surface area contributed by atoms with Crippen LogP contribution in [0.25, 0.3) is 0 Å². The molecule has 0 aromatic carbocycles. The molecule has 2 unspecified atom stereocenters. The lowest BCUT2D eigenvalue weighted by Gasteiger charge is -2.38. The minimum atomic E-state index is -0.0328. The Balaban J connectivity index is 1.68. The SMILES string of the molecule is CCn1nccc1N1CCCC(NC(C)C2CCC2)C1=O. The van der Waals surface area contributed by atoms with Crippen molar-refractivity contribution in [3.05, 3.63) is 12.3 Å². The molecule has 1 amide bonds. The van der Waals surface area contributed by atoms with Gasteiger partial charge in [0.1, 0.15) is 5.82 Å². The molecule has 5 heteroatoms. The molecule has 1 N–H and O–H groups in total. The van der Waals surface area contributed by atoms with Gasteiger partial charge in [-0.1, -0.05) is 6.42 Å². The van der Waals surface area contributed by atoms with E-state index in [9.17, 15) is 4.79 Å². The fraction of sp³-hybridized carbons (Fsp3) is 0.750. The molecule has 1 saturated carbocycles. The zero-order chi connectivity index (χ0) is 14.8. The van der Waals surface area contributed by atoms with E-state index >= 15 is 0 Å². The average Bonchev–Trinajstić information content (AvgIpc) is 2.87. The van der Waals surface area contributed by atoms with Crippen LogP contribution >= 0.6 is 0 Å². The molecule has 3 rings (SSSR count). The van der Waals surface area contributed by atoms with Gasteiger partial charge in [0.2, 0.25) is 5.91 Å². The van der Waals surface area contributed by atoms with Crippen molar-refractivity contribution in [2.24, 2.45) is 5.92 Å². The zero-order valence-corrected chi connectivity index (χ0v) is 13.1. The van der Waals surface area contributed by atoms with Crippen molar-refractivity contribution < 1.29 is 4.79 Å². The van der Waals surface area contributed by atoms with Gasteiger partial charge in [0.25, 0.3) is 0 Å². The van der Waals surface area contributed by atoms with Crippen molar-refractivity contribution in [2.75, 3.05) is 11.4 Å². The summed E-state index contributed by atoms with van der Waals surface area (Å²) < 4.78 is 1.90. The fourth-order valence-corrected chi connectivity index (χ4v) is 3.45. The summed E-state index contributed by atoms with van der Waals surface area (Å²) >= 11 is 0. The Morgan fingerprint density at radius 2 is 2.19 bits per heavy atom. The standard InChI is InChI=1S/C16H26N4O/c1-3-20-15(9-10-17-20)19-11-5-8-14(16(19)21)18-12(2)13-6-4-7-13/h9-10,12-14,18H,3-8,11H2,1-2H3. The number of nitrogens with one attached hydrogen (secondary N) is 1. The molecule has 21 heavy (non-hydrogen) atoms. The predicted octanol–water partition coefficient (Wildman–Crippen LogP) is 2.18. The third kappa shape index (κ3) is 2.84. The fourth-order valence-electron chi connectivity index (χ4n) is 3.45. The normalized spacial score (nSPS) is 25.0. The van der Waals surface area contributed by atoms with Gasteiger partial charge in [-0.25, -0.2) is 4.68 Å². The number of nitrogens with zero attached hydrogens (tertiary/aromatic N) is 3. The van der Waals surface area contributed by atoms with Crippen LogP contribution in [-0.2, 0) is 11.3 Å². The summed E-state index contributed by atoms with van der Waals surface area (Å²) in [6.45, 7) is 5.88. The van der Waals surface area contributed by atoms with Crippen molar-refractivity contribution in [3.63, 3.8) is 0 Å². The van der Waals surface area contributed by atoms with Crippen LogP contribution in [0, 0.1) is 5.92 Å². The molecule has 1 aromatic rings. The molecule has 0 bridgehead atoms. The second kappa shape index (κ2) is 6.18. The van der Waals surface area contributed by atoms with Crippen molar-refractivity contribution in [2.45, 2.75) is 64.6 Å². The van der Waals surface area contributed by atoms with Crippen molar-refractivity contribution in [1.29, 1.82) is 0 Å². The summed E-state index contributed by atoms with van der Waals surface area (Å²) in [4.78, 5) is 14.7. The Bertz CT molecular complexity index is 494. The van der Waals surface area contributed by atoms with Crippen LogP contribution in [0.4, 0.5) is 5.82 Å². The van der Waals surface area contributed by atoms with Crippen molar-refractivity contribution in [1.82, 2.24) is 15.1 Å². The number of aromatic nitrogens is 2. The van der Waals surface area contributed by atoms with E-state index in [1.165, 1.54) is 19.3 Å². The number of hydrogen-bond acceptors (Lipinski definition) is 3. The molecule has 0 radical (unpaired) electrons. The van der Waals surface area contributed by atoms with Gasteiger partial charge in [-0.2, -0.15) is 5.10 Å². The molecule has 5 nitrogen and oxygen atoms in total. The van der Waals surface area contributed by atoms with E-state index in [1.807, 2.05) is 15.6 Å². The minimum Gasteiger partial charge on any atom is -0.303 e. The maximum atomic E-state index is 12.8. The highest BCUT2D eigenvalue weighted by Crippen LogP contribution is 2.30. The monoisotopic (exact) mass is 290 g/mol. The molecule has 2 fully saturated rings. The van der Waals surface area contributed by atoms with Gasteiger partial charge in [0.05, 0.1) is 12.2 Å². The Hall–Kier alpha value is -1.36. The second-order valence-electron chi connectivity index (χ2n) is 6.34. The van der Waals surface area contributed by atoms with Gasteiger partial charge in [-0.15, -0.1) is 0 Å². The molecule has 2 atom stereocenters. The van der Waals surface area contributed by atoms with E-state index in [2.05, 4.69) is 24.3 Å². The first-order chi connectivity index (χ1) is 10.2. The molecule has 0 spiro atoms. The number of hydrogen-bond donors (Lipinski definition) is 1. The number of aryl methyl sites for hydroxylation is 1. The third-order valence-electron chi connectivity index (χ3n) is 5.03. The molecular formula is C16H26N4O. The number of carbonyl (C=O) groups is 1. The van der Waals surface area contributed by atoms with Crippen LogP contribution in [0.1, 0.15) is 46.0 Å². The van der Waals surface area contributed by atoms with Crippen LogP contribution in [0.3, 0.4) is 0 Å². The topological polar surface area (TPSA) is 50.2 Å². The maximum absolute atomic E-state index is 12.8. The van der Waals surface area contributed by atoms with Crippen LogP contribution in [-0.4, -0.2) is 34.3 Å². The maximum Gasteiger partial charge on any atom is 0.245 e. The van der Waals surface area contributed by atoms with E-state index < -0.39 is 0 Å². The highest BCUT2D eigenvalue weighted by atomic mass is 16.2. The van der Waals surface area contributed by atoms with E-state index in [0.29, 0.717) is 6.04 Å². The summed E-state index contributed by atoms with van der Waals surface area (Å²) in [5.74, 6) is 1.90. The summed E-state index contributed by atoms with van der Waals surface area (Å²) in [6, 6.07) is 2.36. The van der Waals surface area contributed by atoms with Crippen molar-refractivity contribution >= 4 is 11.7 Å². The molecule has 2 aliphatic rings. The Morgan fingerprint density at radius 1 is 1.38 bits per heavy atom. The van der Waals surface area contributed by atoms with E-state index in [1.54, 1.807) is 6.20 Å². The quantitative estimate of drug-likeness (QED) is 0.904. The summed E-state index contributed by atoms with van der Waals surface area (Å²) in [7, 11) is 0. The van der Waals surface area contributed by atoms with Gasteiger partial charge in [-0.05, 0) is 45.4 Å². The molecule has 1 saturated heterocycles. The third-order valence-corrected chi connectivity index (χ3v) is 5.03. The van der Waals surface area contributed by atoms with Gasteiger partial charge in [-0.3, -0.25) is 9.69 Å². The lowest BCUT2D eigenvalue weighted by atomic mass is 9.80. The second-order valence-corrected chi connectivity index (χ2v) is 6.34. The lowest BCUT2D eigenvalue weighted by molar-refractivity contribution is -0.122. The number of carbonyl (C=O) groups excluding carboxylic acids is 1. The van der Waals surface area contributed by atoms with Crippen LogP contribution in [0.15, 0.2) is 12.3 Å². The van der Waals surface area contributed by atoms with E-state index in [4.69, 9.17) is 0 Å². The van der Waals surface area contributed by atoms with E-state index in [-0.39, 0.29) is 11.9 Å². The summed E-state index contributed by atoms with van der Waals surface area (Å²) in [5, 5.41) is 7.86. The smallest absolute Gasteiger partial charge is 0.245 e. The molecule has 1 aliphatic heterocycles. The average molecular weight is 290 g/mol. The first-order valence-corrected chi connectivity index (χ1v) is 8.30. The molecule has 2 heterocycles. The van der Waals surface area contributed by atoms with Crippen LogP contribution in [0.5, 0.6) is 0 Å². The highest BCUT2D eigenvalue weighted by Gasteiger charge is 2.34. The van der Waals surface area contributed by atoms with Crippen LogP contribution in [0.2, 0.25) is 0 Å². The zero-order valence-electron chi connectivity index (χ0n) is 13.1. The molecule has 1 aliphatic carbocycles. The number of piperidine rings is 1. The molecule has 116 valence electrons. The van der Waals surface area contributed by atoms with Gasteiger partial charge in [0, 0.05) is 25.2 Å².